The molecule has 2 N–H and O–H groups in total. The van der Waals surface area contributed by atoms with Crippen LogP contribution in [0.1, 0.15) is 62.7 Å². The summed E-state index contributed by atoms with van der Waals surface area (Å²) in [7, 11) is 0. The van der Waals surface area contributed by atoms with Crippen molar-refractivity contribution in [2.45, 2.75) is 58.4 Å². The van der Waals surface area contributed by atoms with Crippen LogP contribution in [0.25, 0.3) is 0 Å². The third-order valence-corrected chi connectivity index (χ3v) is 5.67. The van der Waals surface area contributed by atoms with E-state index < -0.39 is 0 Å². The summed E-state index contributed by atoms with van der Waals surface area (Å²) in [6.45, 7) is 5.47. The molecule has 3 rings (SSSR count). The number of carbonyl (C=O) groups is 3. The number of benzene rings is 1. The molecule has 1 aromatic rings. The number of hydrogen-bond donors (Lipinski definition) is 2. The minimum Gasteiger partial charge on any atom is -0.350 e. The quantitative estimate of drug-likeness (QED) is 0.817. The van der Waals surface area contributed by atoms with Crippen molar-refractivity contribution < 1.29 is 14.4 Å². The van der Waals surface area contributed by atoms with Gasteiger partial charge in [-0.3, -0.25) is 14.4 Å². The van der Waals surface area contributed by atoms with E-state index in [4.69, 9.17) is 0 Å². The van der Waals surface area contributed by atoms with E-state index in [0.29, 0.717) is 11.3 Å². The Labute approximate surface area is 167 Å². The van der Waals surface area contributed by atoms with Crippen molar-refractivity contribution in [3.63, 3.8) is 0 Å². The van der Waals surface area contributed by atoms with Gasteiger partial charge in [-0.15, -0.1) is 0 Å². The van der Waals surface area contributed by atoms with E-state index >= 15 is 0 Å². The number of hydrogen-bond acceptors (Lipinski definition) is 3. The molecule has 1 heterocycles. The molecule has 28 heavy (non-hydrogen) atoms. The monoisotopic (exact) mass is 385 g/mol. The Morgan fingerprint density at radius 3 is 2.14 bits per heavy atom. The first-order chi connectivity index (χ1) is 13.5. The summed E-state index contributed by atoms with van der Waals surface area (Å²) >= 11 is 0. The molecule has 2 atom stereocenters. The van der Waals surface area contributed by atoms with Crippen molar-refractivity contribution >= 4 is 23.4 Å². The number of likely N-dealkylation sites (tertiary alicyclic amines) is 1. The lowest BCUT2D eigenvalue weighted by Crippen LogP contribution is -2.42. The lowest BCUT2D eigenvalue weighted by atomic mass is 9.77. The predicted molar refractivity (Wildman–Crippen MR) is 109 cm³/mol. The zero-order valence-electron chi connectivity index (χ0n) is 16.9. The van der Waals surface area contributed by atoms with Gasteiger partial charge in [0.25, 0.3) is 5.91 Å². The maximum absolute atomic E-state index is 12.9. The molecule has 3 amide bonds. The van der Waals surface area contributed by atoms with Crippen LogP contribution in [0.5, 0.6) is 0 Å². The van der Waals surface area contributed by atoms with Crippen molar-refractivity contribution in [2.24, 2.45) is 11.8 Å². The van der Waals surface area contributed by atoms with Gasteiger partial charge in [0.2, 0.25) is 11.8 Å². The molecule has 0 unspecified atom stereocenters. The molecule has 0 aromatic heterocycles. The maximum Gasteiger partial charge on any atom is 0.251 e. The number of anilines is 1. The third-order valence-electron chi connectivity index (χ3n) is 5.67. The van der Waals surface area contributed by atoms with E-state index in [-0.39, 0.29) is 35.6 Å². The van der Waals surface area contributed by atoms with Crippen LogP contribution in [0.15, 0.2) is 24.3 Å². The second kappa shape index (κ2) is 9.22. The molecule has 2 aliphatic rings. The third kappa shape index (κ3) is 4.91. The summed E-state index contributed by atoms with van der Waals surface area (Å²) in [6, 6.07) is 6.98. The van der Waals surface area contributed by atoms with E-state index in [2.05, 4.69) is 10.6 Å². The Bertz CT molecular complexity index is 708. The maximum atomic E-state index is 12.9. The van der Waals surface area contributed by atoms with Crippen molar-refractivity contribution in [3.8, 4) is 0 Å². The van der Waals surface area contributed by atoms with Crippen LogP contribution in [-0.4, -0.2) is 41.8 Å². The van der Waals surface area contributed by atoms with Gasteiger partial charge in [0.1, 0.15) is 0 Å². The minimum absolute atomic E-state index is 0.0725. The van der Waals surface area contributed by atoms with E-state index in [0.717, 1.165) is 51.6 Å². The van der Waals surface area contributed by atoms with Gasteiger partial charge < -0.3 is 15.5 Å². The van der Waals surface area contributed by atoms with Gasteiger partial charge in [0, 0.05) is 42.2 Å². The van der Waals surface area contributed by atoms with Crippen LogP contribution in [0.2, 0.25) is 0 Å². The van der Waals surface area contributed by atoms with Crippen LogP contribution < -0.4 is 10.6 Å². The predicted octanol–water partition coefficient (Wildman–Crippen LogP) is 3.19. The van der Waals surface area contributed by atoms with Crippen molar-refractivity contribution in [1.29, 1.82) is 0 Å². The first kappa shape index (κ1) is 20.4. The molecule has 1 aromatic carbocycles. The Morgan fingerprint density at radius 1 is 0.929 bits per heavy atom. The molecule has 1 saturated heterocycles. The highest BCUT2D eigenvalue weighted by molar-refractivity contribution is 5.98. The first-order valence-corrected chi connectivity index (χ1v) is 10.5. The average Bonchev–Trinajstić information content (AvgIpc) is 3.22. The van der Waals surface area contributed by atoms with E-state index in [9.17, 15) is 14.4 Å². The van der Waals surface area contributed by atoms with Gasteiger partial charge in [-0.25, -0.2) is 0 Å². The molecule has 1 saturated carbocycles. The Hall–Kier alpha value is -2.37. The van der Waals surface area contributed by atoms with Crippen molar-refractivity contribution in [1.82, 2.24) is 10.2 Å². The molecular weight excluding hydrogens is 354 g/mol. The van der Waals surface area contributed by atoms with Crippen molar-refractivity contribution in [3.05, 3.63) is 29.8 Å². The number of nitrogens with one attached hydrogen (secondary N) is 2. The van der Waals surface area contributed by atoms with Crippen molar-refractivity contribution in [2.75, 3.05) is 18.4 Å². The van der Waals surface area contributed by atoms with Gasteiger partial charge in [-0.2, -0.15) is 0 Å². The molecule has 0 spiro atoms. The molecule has 6 heteroatoms. The molecule has 0 radical (unpaired) electrons. The van der Waals surface area contributed by atoms with Crippen LogP contribution in [0, 0.1) is 11.8 Å². The van der Waals surface area contributed by atoms with E-state index in [1.807, 2.05) is 18.7 Å². The summed E-state index contributed by atoms with van der Waals surface area (Å²) in [6.07, 6.45) is 5.66. The Balaban J connectivity index is 1.63. The zero-order chi connectivity index (χ0) is 20.1. The summed E-state index contributed by atoms with van der Waals surface area (Å²) in [5.74, 6) is -0.542. The number of nitrogens with zero attached hydrogens (tertiary/aromatic N) is 1. The van der Waals surface area contributed by atoms with Gasteiger partial charge >= 0.3 is 0 Å². The second-order valence-corrected chi connectivity index (χ2v) is 8.22. The summed E-state index contributed by atoms with van der Waals surface area (Å²) in [5, 5.41) is 5.80. The Morgan fingerprint density at radius 2 is 1.54 bits per heavy atom. The second-order valence-electron chi connectivity index (χ2n) is 8.22. The molecule has 1 aliphatic heterocycles. The normalized spacial score (nSPS) is 22.2. The fourth-order valence-electron chi connectivity index (χ4n) is 4.20. The smallest absolute Gasteiger partial charge is 0.251 e. The summed E-state index contributed by atoms with van der Waals surface area (Å²) in [4.78, 5) is 39.7. The van der Waals surface area contributed by atoms with Crippen LogP contribution >= 0.6 is 0 Å². The number of rotatable bonds is 5. The molecule has 1 aliphatic carbocycles. The fraction of sp³-hybridized carbons (Fsp3) is 0.591. The molecule has 6 nitrogen and oxygen atoms in total. The minimum atomic E-state index is -0.272. The van der Waals surface area contributed by atoms with Crippen LogP contribution in [0.3, 0.4) is 0 Å². The molecule has 2 fully saturated rings. The average molecular weight is 386 g/mol. The first-order valence-electron chi connectivity index (χ1n) is 10.5. The van der Waals surface area contributed by atoms with Gasteiger partial charge in [-0.1, -0.05) is 12.8 Å². The van der Waals surface area contributed by atoms with Gasteiger partial charge in [0.15, 0.2) is 0 Å². The number of amides is 3. The highest BCUT2D eigenvalue weighted by Gasteiger charge is 2.38. The lowest BCUT2D eigenvalue weighted by Gasteiger charge is -2.32. The molecule has 152 valence electrons. The van der Waals surface area contributed by atoms with E-state index in [1.54, 1.807) is 24.3 Å². The van der Waals surface area contributed by atoms with Gasteiger partial charge in [-0.05, 0) is 63.8 Å². The van der Waals surface area contributed by atoms with Crippen LogP contribution in [0.4, 0.5) is 5.69 Å². The SMILES string of the molecule is CC(C)NC(=O)c1ccc(NC(=O)[C@H]2CCCC[C@H]2C(=O)N2CCCC2)cc1. The standard InChI is InChI=1S/C22H31N3O3/c1-15(2)23-20(26)16-9-11-17(12-10-16)24-21(27)18-7-3-4-8-19(18)22(28)25-13-5-6-14-25/h9-12,15,18-19H,3-8,13-14H2,1-2H3,(H,23,26)(H,24,27)/t18-,19+/m0/s1. The highest BCUT2D eigenvalue weighted by atomic mass is 16.2. The molecular formula is C22H31N3O3. The lowest BCUT2D eigenvalue weighted by molar-refractivity contribution is -0.141. The fourth-order valence-corrected chi connectivity index (χ4v) is 4.20. The molecule has 0 bridgehead atoms. The summed E-state index contributed by atoms with van der Waals surface area (Å²) < 4.78 is 0. The van der Waals surface area contributed by atoms with Gasteiger partial charge in [0.05, 0.1) is 0 Å². The number of carbonyl (C=O) groups excluding carboxylic acids is 3. The summed E-state index contributed by atoms with van der Waals surface area (Å²) in [5.41, 5.74) is 1.22. The highest BCUT2D eigenvalue weighted by Crippen LogP contribution is 2.33. The largest absolute Gasteiger partial charge is 0.350 e. The Kier molecular flexibility index (Phi) is 6.70. The zero-order valence-corrected chi connectivity index (χ0v) is 16.9. The van der Waals surface area contributed by atoms with Crippen LogP contribution in [-0.2, 0) is 9.59 Å². The van der Waals surface area contributed by atoms with E-state index in [1.165, 1.54) is 0 Å². The topological polar surface area (TPSA) is 78.5 Å².